The second-order valence-electron chi connectivity index (χ2n) is 4.77. The third-order valence-corrected chi connectivity index (χ3v) is 4.13. The Hall–Kier alpha value is 3.26. The molecule has 0 heterocycles. The summed E-state index contributed by atoms with van der Waals surface area (Å²) in [5, 5.41) is 0. The Kier molecular flexibility index (Phi) is 26.4. The fourth-order valence-corrected chi connectivity index (χ4v) is 3.51. The van der Waals surface area contributed by atoms with E-state index in [1.54, 1.807) is 0 Å². The number of nitrogens with zero attached hydrogens (tertiary/aromatic N) is 1. The average molecular weight is 386 g/mol. The second kappa shape index (κ2) is 17.7. The molecule has 0 spiro atoms. The van der Waals surface area contributed by atoms with E-state index in [0.717, 1.165) is 37.0 Å². The first-order valence-electron chi connectivity index (χ1n) is 6.45. The van der Waals surface area contributed by atoms with Crippen LogP contribution in [0.25, 0.3) is 0 Å². The molecule has 119 valence electrons. The van der Waals surface area contributed by atoms with Gasteiger partial charge in [-0.3, -0.25) is 14.0 Å². The fraction of sp³-hybridized carbons (Fsp3) is 1.00. The zero-order valence-electron chi connectivity index (χ0n) is 14.3. The summed E-state index contributed by atoms with van der Waals surface area (Å²) in [5.74, 6) is 0. The van der Waals surface area contributed by atoms with Crippen molar-refractivity contribution >= 4 is 104 Å². The van der Waals surface area contributed by atoms with Gasteiger partial charge in [0.2, 0.25) is 0 Å². The van der Waals surface area contributed by atoms with Crippen molar-refractivity contribution in [3.63, 3.8) is 0 Å². The van der Waals surface area contributed by atoms with Gasteiger partial charge < -0.3 is 19.6 Å². The number of hydrogen-bond acceptors (Lipinski definition) is 3. The topological polar surface area (TPSA) is 118 Å². The molecular formula is C10H25NNa3O6P2. The van der Waals surface area contributed by atoms with Crippen LogP contribution in [0, 0.1) is 0 Å². The van der Waals surface area contributed by atoms with Gasteiger partial charge in [0.25, 0.3) is 0 Å². The molecule has 0 aromatic heterocycles. The summed E-state index contributed by atoms with van der Waals surface area (Å²) in [7, 11) is -8.58. The van der Waals surface area contributed by atoms with E-state index in [-0.39, 0.29) is 88.7 Å². The Morgan fingerprint density at radius 3 is 1.45 bits per heavy atom. The van der Waals surface area contributed by atoms with Crippen LogP contribution in [-0.2, 0) is 9.13 Å². The minimum absolute atomic E-state index is 0. The van der Waals surface area contributed by atoms with Crippen molar-refractivity contribution in [2.45, 2.75) is 45.4 Å². The van der Waals surface area contributed by atoms with Crippen LogP contribution in [0.5, 0.6) is 0 Å². The van der Waals surface area contributed by atoms with E-state index in [2.05, 4.69) is 6.92 Å². The molecule has 0 fully saturated rings. The Balaban J connectivity index is -0.000000540. The molecule has 0 atom stereocenters. The van der Waals surface area contributed by atoms with E-state index in [9.17, 15) is 9.13 Å². The summed E-state index contributed by atoms with van der Waals surface area (Å²) in [6.45, 7) is 2.41. The van der Waals surface area contributed by atoms with Crippen molar-refractivity contribution in [1.82, 2.24) is 4.90 Å². The number of hydrogen-bond donors (Lipinski definition) is 4. The van der Waals surface area contributed by atoms with Crippen LogP contribution < -0.4 is 0 Å². The van der Waals surface area contributed by atoms with Crippen LogP contribution >= 0.6 is 15.2 Å². The van der Waals surface area contributed by atoms with Crippen molar-refractivity contribution in [2.75, 3.05) is 19.1 Å². The van der Waals surface area contributed by atoms with E-state index in [4.69, 9.17) is 19.6 Å². The van der Waals surface area contributed by atoms with E-state index < -0.39 is 27.8 Å². The van der Waals surface area contributed by atoms with Gasteiger partial charge in [0, 0.05) is 88.7 Å². The molecule has 12 heteroatoms. The molecule has 0 amide bonds. The summed E-state index contributed by atoms with van der Waals surface area (Å²) in [6.07, 6.45) is 4.83. The molecule has 22 heavy (non-hydrogen) atoms. The van der Waals surface area contributed by atoms with Gasteiger partial charge in [-0.25, -0.2) is 0 Å². The second-order valence-corrected chi connectivity index (χ2v) is 8.00. The largest absolute Gasteiger partial charge is 0.339 e. The van der Waals surface area contributed by atoms with Gasteiger partial charge in [0.15, 0.2) is 0 Å². The van der Waals surface area contributed by atoms with E-state index in [0.29, 0.717) is 13.0 Å². The molecule has 0 rings (SSSR count). The van der Waals surface area contributed by atoms with Crippen LogP contribution in [0.2, 0.25) is 0 Å². The summed E-state index contributed by atoms with van der Waals surface area (Å²) in [6, 6.07) is 0. The fourth-order valence-electron chi connectivity index (χ4n) is 1.82. The van der Waals surface area contributed by atoms with Gasteiger partial charge in [-0.2, -0.15) is 0 Å². The summed E-state index contributed by atoms with van der Waals surface area (Å²) in [5.41, 5.74) is 0. The van der Waals surface area contributed by atoms with Crippen LogP contribution in [0.15, 0.2) is 0 Å². The zero-order valence-corrected chi connectivity index (χ0v) is 22.1. The maximum atomic E-state index is 10.9. The molecular weight excluding hydrogens is 361 g/mol. The molecule has 0 bridgehead atoms. The standard InChI is InChI=1S/C10H25NO6P2.3Na/c1-2-3-4-5-6-7-8-11(9-18(12,13)14)10-19(15,16)17;;;/h2-10H2,1H3,(H2,12,13,14)(H2,15,16,17);;;. The van der Waals surface area contributed by atoms with E-state index in [1.807, 2.05) is 0 Å². The van der Waals surface area contributed by atoms with Crippen molar-refractivity contribution in [3.8, 4) is 0 Å². The first-order chi connectivity index (χ1) is 8.64. The summed E-state index contributed by atoms with van der Waals surface area (Å²) < 4.78 is 21.8. The SMILES string of the molecule is CCCCCCCCN(CP(=O)(O)O)CP(=O)(O)O.[Na].[Na].[Na]. The van der Waals surface area contributed by atoms with Crippen molar-refractivity contribution in [2.24, 2.45) is 0 Å². The molecule has 0 unspecified atom stereocenters. The predicted molar refractivity (Wildman–Crippen MR) is 91.2 cm³/mol. The van der Waals surface area contributed by atoms with E-state index in [1.165, 1.54) is 0 Å². The maximum absolute atomic E-state index is 10.9. The third-order valence-electron chi connectivity index (χ3n) is 2.60. The normalized spacial score (nSPS) is 11.4. The third kappa shape index (κ3) is 25.5. The Labute approximate surface area is 199 Å². The van der Waals surface area contributed by atoms with Crippen LogP contribution in [0.4, 0.5) is 0 Å². The molecule has 4 N–H and O–H groups in total. The van der Waals surface area contributed by atoms with Gasteiger partial charge in [0.1, 0.15) is 12.6 Å². The Morgan fingerprint density at radius 2 is 1.09 bits per heavy atom. The minimum Gasteiger partial charge on any atom is -0.324 e. The summed E-state index contributed by atoms with van der Waals surface area (Å²) in [4.78, 5) is 36.7. The van der Waals surface area contributed by atoms with Crippen molar-refractivity contribution < 1.29 is 28.7 Å². The molecule has 0 saturated heterocycles. The number of unbranched alkanes of at least 4 members (excludes halogenated alkanes) is 5. The molecule has 0 aromatic rings. The zero-order chi connectivity index (χ0) is 14.9. The molecule has 0 aliphatic heterocycles. The van der Waals surface area contributed by atoms with E-state index >= 15 is 0 Å². The maximum Gasteiger partial charge on any atom is 0.339 e. The first-order valence-corrected chi connectivity index (χ1v) is 10.0. The molecule has 0 saturated carbocycles. The van der Waals surface area contributed by atoms with Crippen molar-refractivity contribution in [1.29, 1.82) is 0 Å². The molecule has 7 nitrogen and oxygen atoms in total. The monoisotopic (exact) mass is 386 g/mol. The molecule has 0 aliphatic carbocycles. The predicted octanol–water partition coefficient (Wildman–Crippen LogP) is 0.777. The molecule has 0 aliphatic rings. The average Bonchev–Trinajstić information content (AvgIpc) is 2.18. The summed E-state index contributed by atoms with van der Waals surface area (Å²) >= 11 is 0. The van der Waals surface area contributed by atoms with Crippen molar-refractivity contribution in [3.05, 3.63) is 0 Å². The van der Waals surface area contributed by atoms with Crippen LogP contribution in [0.1, 0.15) is 45.4 Å². The van der Waals surface area contributed by atoms with Crippen LogP contribution in [-0.4, -0.2) is 132 Å². The van der Waals surface area contributed by atoms with Gasteiger partial charge in [-0.05, 0) is 13.0 Å². The van der Waals surface area contributed by atoms with Gasteiger partial charge in [-0.1, -0.05) is 39.0 Å². The first kappa shape index (κ1) is 32.9. The number of rotatable bonds is 11. The Bertz CT molecular complexity index is 315. The smallest absolute Gasteiger partial charge is 0.324 e. The quantitative estimate of drug-likeness (QED) is 0.235. The van der Waals surface area contributed by atoms with Crippen LogP contribution in [0.3, 0.4) is 0 Å². The van der Waals surface area contributed by atoms with Gasteiger partial charge in [-0.15, -0.1) is 0 Å². The molecule has 0 aromatic carbocycles. The molecule has 3 radical (unpaired) electrons. The van der Waals surface area contributed by atoms with Gasteiger partial charge >= 0.3 is 15.2 Å². The Morgan fingerprint density at radius 1 is 0.727 bits per heavy atom. The van der Waals surface area contributed by atoms with Gasteiger partial charge in [0.05, 0.1) is 0 Å². The minimum atomic E-state index is -4.29.